The van der Waals surface area contributed by atoms with Crippen LogP contribution in [-0.2, 0) is 13.1 Å². The number of nitrogens with one attached hydrogen (secondary N) is 1. The summed E-state index contributed by atoms with van der Waals surface area (Å²) < 4.78 is 15.1. The first-order valence-corrected chi connectivity index (χ1v) is 5.80. The third kappa shape index (κ3) is 3.06. The number of aromatic nitrogens is 2. The van der Waals surface area contributed by atoms with E-state index in [2.05, 4.69) is 34.1 Å². The van der Waals surface area contributed by atoms with E-state index in [1.807, 2.05) is 6.07 Å². The maximum absolute atomic E-state index is 12.9. The fraction of sp³-hybridized carbons (Fsp3) is 0.308. The van der Waals surface area contributed by atoms with Gasteiger partial charge in [0.15, 0.2) is 0 Å². The van der Waals surface area contributed by atoms with Crippen LogP contribution >= 0.6 is 0 Å². The molecule has 2 heterocycles. The molecule has 0 atom stereocenters. The van der Waals surface area contributed by atoms with Gasteiger partial charge in [0, 0.05) is 18.4 Å². The van der Waals surface area contributed by atoms with Gasteiger partial charge in [0.1, 0.15) is 5.82 Å². The molecular weight excluding hydrogens is 217 g/mol. The van der Waals surface area contributed by atoms with E-state index in [-0.39, 0.29) is 0 Å². The van der Waals surface area contributed by atoms with Crippen LogP contribution in [0.25, 0.3) is 0 Å². The molecule has 1 N–H and O–H groups in total. The molecule has 0 aromatic carbocycles. The van der Waals surface area contributed by atoms with Crippen molar-refractivity contribution >= 4 is 5.82 Å². The van der Waals surface area contributed by atoms with Gasteiger partial charge in [-0.25, -0.2) is 4.98 Å². The van der Waals surface area contributed by atoms with Crippen LogP contribution in [0.2, 0.25) is 0 Å². The normalized spacial score (nSPS) is 10.5. The van der Waals surface area contributed by atoms with Crippen molar-refractivity contribution in [2.24, 2.45) is 0 Å². The quantitative estimate of drug-likeness (QED) is 0.804. The van der Waals surface area contributed by atoms with Crippen LogP contribution in [0.15, 0.2) is 36.5 Å². The average molecular weight is 233 g/mol. The fourth-order valence-corrected chi connectivity index (χ4v) is 1.76. The highest BCUT2D eigenvalue weighted by atomic mass is 19.1. The molecular formula is C13H16FN3. The molecule has 2 aromatic heterocycles. The Labute approximate surface area is 100 Å². The highest BCUT2D eigenvalue weighted by molar-refractivity contribution is 5.34. The van der Waals surface area contributed by atoms with Crippen molar-refractivity contribution in [3.8, 4) is 0 Å². The summed E-state index contributed by atoms with van der Waals surface area (Å²) in [5, 5.41) is 3.11. The molecule has 0 fully saturated rings. The van der Waals surface area contributed by atoms with E-state index in [4.69, 9.17) is 0 Å². The molecule has 4 heteroatoms. The SMILES string of the molecule is CCCn1cccc1CNc1cccc(F)n1. The van der Waals surface area contributed by atoms with Gasteiger partial charge in [0.05, 0.1) is 6.54 Å². The molecule has 0 aliphatic rings. The van der Waals surface area contributed by atoms with E-state index < -0.39 is 5.95 Å². The molecule has 0 saturated carbocycles. The van der Waals surface area contributed by atoms with E-state index in [9.17, 15) is 4.39 Å². The zero-order valence-corrected chi connectivity index (χ0v) is 9.86. The van der Waals surface area contributed by atoms with Crippen molar-refractivity contribution in [1.29, 1.82) is 0 Å². The first-order valence-electron chi connectivity index (χ1n) is 5.80. The van der Waals surface area contributed by atoms with Crippen LogP contribution in [0.5, 0.6) is 0 Å². The van der Waals surface area contributed by atoms with E-state index in [1.54, 1.807) is 12.1 Å². The minimum Gasteiger partial charge on any atom is -0.364 e. The predicted octanol–water partition coefficient (Wildman–Crippen LogP) is 3.04. The lowest BCUT2D eigenvalue weighted by molar-refractivity contribution is 0.584. The van der Waals surface area contributed by atoms with Crippen LogP contribution in [0.4, 0.5) is 10.2 Å². The monoisotopic (exact) mass is 233 g/mol. The van der Waals surface area contributed by atoms with Crippen molar-refractivity contribution in [3.05, 3.63) is 48.2 Å². The minimum absolute atomic E-state index is 0.459. The maximum Gasteiger partial charge on any atom is 0.214 e. The van der Waals surface area contributed by atoms with Gasteiger partial charge in [-0.2, -0.15) is 4.39 Å². The van der Waals surface area contributed by atoms with Crippen LogP contribution < -0.4 is 5.32 Å². The summed E-state index contributed by atoms with van der Waals surface area (Å²) in [6, 6.07) is 8.82. The highest BCUT2D eigenvalue weighted by Crippen LogP contribution is 2.08. The number of rotatable bonds is 5. The molecule has 0 spiro atoms. The van der Waals surface area contributed by atoms with Crippen molar-refractivity contribution in [2.45, 2.75) is 26.4 Å². The van der Waals surface area contributed by atoms with E-state index in [0.29, 0.717) is 12.4 Å². The molecule has 0 radical (unpaired) electrons. The highest BCUT2D eigenvalue weighted by Gasteiger charge is 2.01. The molecule has 2 aromatic rings. The number of anilines is 1. The van der Waals surface area contributed by atoms with Crippen molar-refractivity contribution in [2.75, 3.05) is 5.32 Å². The smallest absolute Gasteiger partial charge is 0.214 e. The Balaban J connectivity index is 1.99. The standard InChI is InChI=1S/C13H16FN3/c1-2-8-17-9-4-5-11(17)10-15-13-7-3-6-12(14)16-13/h3-7,9H,2,8,10H2,1H3,(H,15,16). The molecule has 3 nitrogen and oxygen atoms in total. The molecule has 0 aliphatic heterocycles. The third-order valence-corrected chi connectivity index (χ3v) is 2.55. The lowest BCUT2D eigenvalue weighted by atomic mass is 10.4. The number of hydrogen-bond acceptors (Lipinski definition) is 2. The summed E-state index contributed by atoms with van der Waals surface area (Å²) in [6.45, 7) is 3.80. The Morgan fingerprint density at radius 3 is 2.94 bits per heavy atom. The van der Waals surface area contributed by atoms with Gasteiger partial charge < -0.3 is 9.88 Å². The van der Waals surface area contributed by atoms with E-state index >= 15 is 0 Å². The number of aryl methyl sites for hydroxylation is 1. The lowest BCUT2D eigenvalue weighted by Gasteiger charge is -2.09. The Morgan fingerprint density at radius 2 is 2.18 bits per heavy atom. The van der Waals surface area contributed by atoms with Gasteiger partial charge in [-0.15, -0.1) is 0 Å². The van der Waals surface area contributed by atoms with Gasteiger partial charge in [-0.3, -0.25) is 0 Å². The largest absolute Gasteiger partial charge is 0.364 e. The zero-order chi connectivity index (χ0) is 12.1. The number of nitrogens with zero attached hydrogens (tertiary/aromatic N) is 2. The second kappa shape index (κ2) is 5.48. The molecule has 0 saturated heterocycles. The van der Waals surface area contributed by atoms with Crippen LogP contribution in [-0.4, -0.2) is 9.55 Å². The van der Waals surface area contributed by atoms with Gasteiger partial charge in [0.2, 0.25) is 5.95 Å². The Bertz CT molecular complexity index is 479. The van der Waals surface area contributed by atoms with Crippen molar-refractivity contribution in [1.82, 2.24) is 9.55 Å². The molecule has 90 valence electrons. The third-order valence-electron chi connectivity index (χ3n) is 2.55. The number of halogens is 1. The molecule has 0 amide bonds. The van der Waals surface area contributed by atoms with Crippen molar-refractivity contribution in [3.63, 3.8) is 0 Å². The first kappa shape index (κ1) is 11.6. The van der Waals surface area contributed by atoms with Crippen LogP contribution in [0, 0.1) is 5.95 Å². The van der Waals surface area contributed by atoms with E-state index in [1.165, 1.54) is 11.8 Å². The fourth-order valence-electron chi connectivity index (χ4n) is 1.76. The molecule has 17 heavy (non-hydrogen) atoms. The topological polar surface area (TPSA) is 29.9 Å². The Morgan fingerprint density at radius 1 is 1.29 bits per heavy atom. The summed E-state index contributed by atoms with van der Waals surface area (Å²) >= 11 is 0. The molecule has 0 unspecified atom stereocenters. The van der Waals surface area contributed by atoms with Gasteiger partial charge in [-0.1, -0.05) is 13.0 Å². The van der Waals surface area contributed by atoms with Gasteiger partial charge >= 0.3 is 0 Å². The second-order valence-corrected chi connectivity index (χ2v) is 3.89. The van der Waals surface area contributed by atoms with E-state index in [0.717, 1.165) is 13.0 Å². The zero-order valence-electron chi connectivity index (χ0n) is 9.86. The Hall–Kier alpha value is -1.84. The summed E-state index contributed by atoms with van der Waals surface area (Å²) in [5.41, 5.74) is 1.18. The molecule has 0 bridgehead atoms. The summed E-state index contributed by atoms with van der Waals surface area (Å²) in [7, 11) is 0. The Kier molecular flexibility index (Phi) is 3.75. The van der Waals surface area contributed by atoms with Crippen molar-refractivity contribution < 1.29 is 4.39 Å². The molecule has 0 aliphatic carbocycles. The minimum atomic E-state index is -0.459. The average Bonchev–Trinajstić information content (AvgIpc) is 2.75. The molecule has 2 rings (SSSR count). The van der Waals surface area contributed by atoms with Gasteiger partial charge in [0.25, 0.3) is 0 Å². The van der Waals surface area contributed by atoms with Crippen LogP contribution in [0.3, 0.4) is 0 Å². The first-order chi connectivity index (χ1) is 8.29. The summed E-state index contributed by atoms with van der Waals surface area (Å²) in [4.78, 5) is 3.76. The second-order valence-electron chi connectivity index (χ2n) is 3.89. The van der Waals surface area contributed by atoms with Crippen LogP contribution in [0.1, 0.15) is 19.0 Å². The predicted molar refractivity (Wildman–Crippen MR) is 66.2 cm³/mol. The summed E-state index contributed by atoms with van der Waals surface area (Å²) in [6.07, 6.45) is 3.15. The summed E-state index contributed by atoms with van der Waals surface area (Å²) in [5.74, 6) is 0.105. The number of hydrogen-bond donors (Lipinski definition) is 1. The van der Waals surface area contributed by atoms with Gasteiger partial charge in [-0.05, 0) is 30.7 Å². The number of pyridine rings is 1. The maximum atomic E-state index is 12.9. The lowest BCUT2D eigenvalue weighted by Crippen LogP contribution is -2.08.